The van der Waals surface area contributed by atoms with Crippen LogP contribution in [0.25, 0.3) is 0 Å². The summed E-state index contributed by atoms with van der Waals surface area (Å²) in [6, 6.07) is 10.4. The van der Waals surface area contributed by atoms with Crippen LogP contribution in [-0.4, -0.2) is 30.9 Å². The molecule has 0 aliphatic carbocycles. The molecule has 1 amide bonds. The predicted octanol–water partition coefficient (Wildman–Crippen LogP) is 2.55. The third-order valence-corrected chi connectivity index (χ3v) is 3.52. The van der Waals surface area contributed by atoms with E-state index in [1.54, 1.807) is 12.1 Å². The van der Waals surface area contributed by atoms with Crippen molar-refractivity contribution in [2.75, 3.05) is 13.7 Å². The van der Waals surface area contributed by atoms with Crippen LogP contribution in [0.3, 0.4) is 0 Å². The van der Waals surface area contributed by atoms with Crippen molar-refractivity contribution in [3.63, 3.8) is 0 Å². The molecule has 2 N–H and O–H groups in total. The number of carbonyl (C=O) groups is 1. The summed E-state index contributed by atoms with van der Waals surface area (Å²) in [7, 11) is 1.46. The second-order valence-corrected chi connectivity index (χ2v) is 5.21. The van der Waals surface area contributed by atoms with Gasteiger partial charge in [0.15, 0.2) is 18.1 Å². The maximum Gasteiger partial charge on any atom is 0.277 e. The standard InChI is InChI=1S/C18H20N2O4/c1-12-5-4-6-16(13(12)2)24-11-18(22)20-19-10-14-7-8-15(21)17(9-14)23-3/h4-10,21H,11H2,1-3H3,(H,20,22)/b19-10-. The second-order valence-electron chi connectivity index (χ2n) is 5.21. The van der Waals surface area contributed by atoms with E-state index >= 15 is 0 Å². The minimum absolute atomic E-state index is 0.0422. The number of aromatic hydroxyl groups is 1. The van der Waals surface area contributed by atoms with E-state index in [4.69, 9.17) is 9.47 Å². The minimum atomic E-state index is -0.363. The fraction of sp³-hybridized carbons (Fsp3) is 0.222. The highest BCUT2D eigenvalue weighted by molar-refractivity contribution is 5.83. The quantitative estimate of drug-likeness (QED) is 0.631. The van der Waals surface area contributed by atoms with Crippen molar-refractivity contribution in [2.24, 2.45) is 5.10 Å². The van der Waals surface area contributed by atoms with Gasteiger partial charge in [-0.25, -0.2) is 5.43 Å². The number of amides is 1. The van der Waals surface area contributed by atoms with Crippen LogP contribution >= 0.6 is 0 Å². The van der Waals surface area contributed by atoms with Crippen molar-refractivity contribution in [2.45, 2.75) is 13.8 Å². The van der Waals surface area contributed by atoms with Crippen LogP contribution in [0.5, 0.6) is 17.2 Å². The smallest absolute Gasteiger partial charge is 0.277 e. The molecule has 0 radical (unpaired) electrons. The molecule has 2 rings (SSSR count). The van der Waals surface area contributed by atoms with Crippen molar-refractivity contribution < 1.29 is 19.4 Å². The molecule has 6 nitrogen and oxygen atoms in total. The van der Waals surface area contributed by atoms with Gasteiger partial charge in [-0.3, -0.25) is 4.79 Å². The molecule has 0 fully saturated rings. The van der Waals surface area contributed by atoms with Gasteiger partial charge in [-0.2, -0.15) is 5.10 Å². The van der Waals surface area contributed by atoms with Crippen molar-refractivity contribution >= 4 is 12.1 Å². The van der Waals surface area contributed by atoms with E-state index in [1.165, 1.54) is 19.4 Å². The summed E-state index contributed by atoms with van der Waals surface area (Å²) in [5, 5.41) is 13.4. The number of aryl methyl sites for hydroxylation is 1. The number of ether oxygens (including phenoxy) is 2. The Labute approximate surface area is 140 Å². The van der Waals surface area contributed by atoms with E-state index in [-0.39, 0.29) is 18.3 Å². The number of phenols is 1. The number of hydrogen-bond donors (Lipinski definition) is 2. The first kappa shape index (κ1) is 17.3. The number of hydrazone groups is 1. The van der Waals surface area contributed by atoms with Crippen LogP contribution in [-0.2, 0) is 4.79 Å². The van der Waals surface area contributed by atoms with Gasteiger partial charge in [0.1, 0.15) is 5.75 Å². The Bertz CT molecular complexity index is 757. The minimum Gasteiger partial charge on any atom is -0.504 e. The first-order valence-electron chi connectivity index (χ1n) is 7.39. The van der Waals surface area contributed by atoms with Gasteiger partial charge in [-0.1, -0.05) is 12.1 Å². The lowest BCUT2D eigenvalue weighted by Crippen LogP contribution is -2.24. The maximum atomic E-state index is 11.8. The SMILES string of the molecule is COc1cc(/C=N\NC(=O)COc2cccc(C)c2C)ccc1O. The number of benzene rings is 2. The van der Waals surface area contributed by atoms with E-state index in [1.807, 2.05) is 32.0 Å². The van der Waals surface area contributed by atoms with Crippen LogP contribution in [0.2, 0.25) is 0 Å². The molecule has 0 bridgehead atoms. The lowest BCUT2D eigenvalue weighted by atomic mass is 10.1. The zero-order chi connectivity index (χ0) is 17.5. The van der Waals surface area contributed by atoms with E-state index in [9.17, 15) is 9.90 Å². The molecule has 6 heteroatoms. The van der Waals surface area contributed by atoms with Gasteiger partial charge in [0, 0.05) is 0 Å². The zero-order valence-corrected chi connectivity index (χ0v) is 13.9. The number of phenolic OH excluding ortho intramolecular Hbond substituents is 1. The third kappa shape index (κ3) is 4.49. The molecule has 0 atom stereocenters. The van der Waals surface area contributed by atoms with Gasteiger partial charge in [0.2, 0.25) is 0 Å². The number of rotatable bonds is 6. The molecule has 0 unspecified atom stereocenters. The molecular formula is C18H20N2O4. The van der Waals surface area contributed by atoms with Gasteiger partial charge in [0.25, 0.3) is 5.91 Å². The molecule has 0 aromatic heterocycles. The fourth-order valence-electron chi connectivity index (χ4n) is 2.01. The Balaban J connectivity index is 1.88. The molecule has 0 heterocycles. The average molecular weight is 328 g/mol. The number of carbonyl (C=O) groups excluding carboxylic acids is 1. The Morgan fingerprint density at radius 3 is 2.79 bits per heavy atom. The summed E-state index contributed by atoms with van der Waals surface area (Å²) in [5.41, 5.74) is 5.18. The summed E-state index contributed by atoms with van der Waals surface area (Å²) >= 11 is 0. The first-order chi connectivity index (χ1) is 11.5. The molecular weight excluding hydrogens is 308 g/mol. The van der Waals surface area contributed by atoms with Gasteiger partial charge in [-0.15, -0.1) is 0 Å². The summed E-state index contributed by atoms with van der Waals surface area (Å²) in [4.78, 5) is 11.8. The second kappa shape index (κ2) is 8.01. The zero-order valence-electron chi connectivity index (χ0n) is 13.9. The molecule has 2 aromatic rings. The fourth-order valence-corrected chi connectivity index (χ4v) is 2.01. The van der Waals surface area contributed by atoms with Crippen LogP contribution in [0, 0.1) is 13.8 Å². The predicted molar refractivity (Wildman–Crippen MR) is 91.8 cm³/mol. The Morgan fingerprint density at radius 2 is 2.04 bits per heavy atom. The highest BCUT2D eigenvalue weighted by atomic mass is 16.5. The van der Waals surface area contributed by atoms with Gasteiger partial charge < -0.3 is 14.6 Å². The lowest BCUT2D eigenvalue weighted by molar-refractivity contribution is -0.123. The number of hydrogen-bond acceptors (Lipinski definition) is 5. The molecule has 0 saturated heterocycles. The molecule has 2 aromatic carbocycles. The number of nitrogens with one attached hydrogen (secondary N) is 1. The van der Waals surface area contributed by atoms with Gasteiger partial charge in [0.05, 0.1) is 13.3 Å². The summed E-state index contributed by atoms with van der Waals surface area (Å²) < 4.78 is 10.5. The van der Waals surface area contributed by atoms with Crippen molar-refractivity contribution in [3.05, 3.63) is 53.1 Å². The lowest BCUT2D eigenvalue weighted by Gasteiger charge is -2.09. The van der Waals surface area contributed by atoms with E-state index in [0.717, 1.165) is 11.1 Å². The molecule has 126 valence electrons. The largest absolute Gasteiger partial charge is 0.504 e. The average Bonchev–Trinajstić information content (AvgIpc) is 2.57. The molecule has 0 aliphatic heterocycles. The monoisotopic (exact) mass is 328 g/mol. The van der Waals surface area contributed by atoms with Crippen molar-refractivity contribution in [3.8, 4) is 17.2 Å². The highest BCUT2D eigenvalue weighted by Gasteiger charge is 2.05. The summed E-state index contributed by atoms with van der Waals surface area (Å²) in [6.45, 7) is 3.80. The highest BCUT2D eigenvalue weighted by Crippen LogP contribution is 2.25. The number of nitrogens with zero attached hydrogens (tertiary/aromatic N) is 1. The van der Waals surface area contributed by atoms with Crippen molar-refractivity contribution in [1.82, 2.24) is 5.43 Å². The van der Waals surface area contributed by atoms with Crippen LogP contribution in [0.15, 0.2) is 41.5 Å². The van der Waals surface area contributed by atoms with Gasteiger partial charge in [-0.05, 0) is 54.8 Å². The Kier molecular flexibility index (Phi) is 5.78. The van der Waals surface area contributed by atoms with E-state index in [0.29, 0.717) is 17.1 Å². The molecule has 0 spiro atoms. The number of methoxy groups -OCH3 is 1. The van der Waals surface area contributed by atoms with Gasteiger partial charge >= 0.3 is 0 Å². The van der Waals surface area contributed by atoms with Crippen molar-refractivity contribution in [1.29, 1.82) is 0 Å². The first-order valence-corrected chi connectivity index (χ1v) is 7.39. The Hall–Kier alpha value is -3.02. The molecule has 24 heavy (non-hydrogen) atoms. The van der Waals surface area contributed by atoms with Crippen LogP contribution in [0.1, 0.15) is 16.7 Å². The maximum absolute atomic E-state index is 11.8. The summed E-state index contributed by atoms with van der Waals surface area (Å²) in [5.74, 6) is 0.694. The topological polar surface area (TPSA) is 80.2 Å². The summed E-state index contributed by atoms with van der Waals surface area (Å²) in [6.07, 6.45) is 1.46. The van der Waals surface area contributed by atoms with E-state index < -0.39 is 0 Å². The normalized spacial score (nSPS) is 10.6. The van der Waals surface area contributed by atoms with Crippen LogP contribution < -0.4 is 14.9 Å². The van der Waals surface area contributed by atoms with Crippen LogP contribution in [0.4, 0.5) is 0 Å². The third-order valence-electron chi connectivity index (χ3n) is 3.52. The molecule has 0 saturated carbocycles. The van der Waals surface area contributed by atoms with E-state index in [2.05, 4.69) is 10.5 Å². The Morgan fingerprint density at radius 1 is 1.25 bits per heavy atom. The molecule has 0 aliphatic rings.